The first kappa shape index (κ1) is 30.1. The van der Waals surface area contributed by atoms with Gasteiger partial charge in [-0.15, -0.1) is 0 Å². The minimum absolute atomic E-state index is 0.259. The average molecular weight is 523 g/mol. The van der Waals surface area contributed by atoms with E-state index in [0.29, 0.717) is 0 Å². The Balaban J connectivity index is 6.37. The highest BCUT2D eigenvalue weighted by Gasteiger charge is 2.95. The predicted octanol–water partition coefficient (Wildman–Crippen LogP) is 6.08. The monoisotopic (exact) mass is 523 g/mol. The third kappa shape index (κ3) is 4.48. The molecule has 0 rings (SSSR count). The van der Waals surface area contributed by atoms with Crippen molar-refractivity contribution in [3.8, 4) is 0 Å². The number of halogens is 17. The summed E-state index contributed by atoms with van der Waals surface area (Å²) in [7, 11) is 0. The number of alkyl halides is 17. The molecule has 2 N–H and O–H groups in total. The number of nitrogens with two attached hydrogens (primary N) is 1. The minimum atomic E-state index is -8.59. The summed E-state index contributed by atoms with van der Waals surface area (Å²) in [5.74, 6) is -57.3. The zero-order valence-corrected chi connectivity index (χ0v) is 15.1. The normalized spacial score (nSPS) is 16.1. The molecule has 0 aliphatic heterocycles. The van der Waals surface area contributed by atoms with Crippen molar-refractivity contribution in [2.24, 2.45) is 5.73 Å². The average Bonchev–Trinajstić information content (AvgIpc) is 2.56. The summed E-state index contributed by atoms with van der Waals surface area (Å²) < 4.78 is 220. The van der Waals surface area contributed by atoms with E-state index in [4.69, 9.17) is 5.73 Å². The molecule has 0 aliphatic carbocycles. The summed E-state index contributed by atoms with van der Waals surface area (Å²) in [6.45, 7) is -0.268. The Labute approximate surface area is 165 Å². The van der Waals surface area contributed by atoms with Crippen LogP contribution in [0.3, 0.4) is 0 Å². The molecule has 0 spiro atoms. The molecule has 0 saturated carbocycles. The first-order valence-electron chi connectivity index (χ1n) is 7.30. The number of hydrogen-bond donors (Lipinski definition) is 1. The van der Waals surface area contributed by atoms with Crippen molar-refractivity contribution in [3.63, 3.8) is 0 Å². The van der Waals surface area contributed by atoms with Gasteiger partial charge in [0.05, 0.1) is 0 Å². The van der Waals surface area contributed by atoms with E-state index in [1.807, 2.05) is 0 Å². The van der Waals surface area contributed by atoms with E-state index in [2.05, 4.69) is 0 Å². The van der Waals surface area contributed by atoms with Crippen LogP contribution in [0.5, 0.6) is 0 Å². The van der Waals surface area contributed by atoms with Crippen molar-refractivity contribution in [1.82, 2.24) is 0 Å². The van der Waals surface area contributed by atoms with E-state index >= 15 is 0 Å². The van der Waals surface area contributed by atoms with E-state index in [1.165, 1.54) is 0 Å². The summed E-state index contributed by atoms with van der Waals surface area (Å²) in [5.41, 5.74) is 4.87. The van der Waals surface area contributed by atoms with Gasteiger partial charge in [-0.2, -0.15) is 86.4 Å². The highest BCUT2D eigenvalue weighted by atomic mass is 32.2. The van der Waals surface area contributed by atoms with Crippen LogP contribution in [0.1, 0.15) is 6.42 Å². The van der Waals surface area contributed by atoms with Gasteiger partial charge in [0, 0.05) is 18.7 Å². The highest BCUT2D eigenvalue weighted by molar-refractivity contribution is 7.99. The maximum Gasteiger partial charge on any atom is 0.460 e. The van der Waals surface area contributed by atoms with E-state index in [-0.39, 0.29) is 24.1 Å². The van der Waals surface area contributed by atoms with Crippen LogP contribution in [0.4, 0.5) is 74.6 Å². The zero-order chi connectivity index (χ0) is 25.5. The van der Waals surface area contributed by atoms with Gasteiger partial charge in [-0.3, -0.25) is 0 Å². The van der Waals surface area contributed by atoms with Gasteiger partial charge >= 0.3 is 47.6 Å². The van der Waals surface area contributed by atoms with Gasteiger partial charge in [0.1, 0.15) is 0 Å². The third-order valence-corrected chi connectivity index (χ3v) is 4.63. The molecule has 0 saturated heterocycles. The smallest absolute Gasteiger partial charge is 0.330 e. The van der Waals surface area contributed by atoms with Crippen molar-refractivity contribution in [1.29, 1.82) is 0 Å². The van der Waals surface area contributed by atoms with Crippen molar-refractivity contribution >= 4 is 11.8 Å². The molecule has 0 aliphatic rings. The second kappa shape index (κ2) is 8.48. The number of rotatable bonds is 11. The molecule has 0 atom stereocenters. The molecule has 0 aromatic heterocycles. The van der Waals surface area contributed by atoms with Crippen LogP contribution in [0, 0.1) is 0 Å². The highest BCUT2D eigenvalue weighted by Crippen LogP contribution is 2.64. The van der Waals surface area contributed by atoms with Gasteiger partial charge in [-0.25, -0.2) is 0 Å². The molecule has 0 unspecified atom stereocenters. The van der Waals surface area contributed by atoms with Crippen LogP contribution in [-0.4, -0.2) is 65.7 Å². The Hall–Kier alpha value is -0.880. The molecule has 188 valence electrons. The molecule has 0 heterocycles. The van der Waals surface area contributed by atoms with Crippen LogP contribution in [-0.2, 0) is 0 Å². The molecule has 1 nitrogen and oxygen atoms in total. The lowest BCUT2D eigenvalue weighted by atomic mass is 9.88. The second-order valence-corrected chi connectivity index (χ2v) is 7.02. The van der Waals surface area contributed by atoms with E-state index < -0.39 is 59.8 Å². The van der Waals surface area contributed by atoms with Gasteiger partial charge in [0.25, 0.3) is 0 Å². The first-order valence-corrected chi connectivity index (χ1v) is 8.46. The van der Waals surface area contributed by atoms with Gasteiger partial charge in [0.2, 0.25) is 0 Å². The Bertz CT molecular complexity index is 611. The molecule has 31 heavy (non-hydrogen) atoms. The Kier molecular flexibility index (Phi) is 8.24. The molecule has 0 fully saturated rings. The van der Waals surface area contributed by atoms with Crippen molar-refractivity contribution in [3.05, 3.63) is 0 Å². The summed E-state index contributed by atoms with van der Waals surface area (Å²) in [4.78, 5) is 0. The molecule has 0 aromatic rings. The molecular weight excluding hydrogens is 513 g/mol. The number of hydrogen-bond acceptors (Lipinski definition) is 2. The van der Waals surface area contributed by atoms with Crippen molar-refractivity contribution in [2.45, 2.75) is 54.1 Å². The summed E-state index contributed by atoms with van der Waals surface area (Å²) in [5, 5.41) is 0. The molecule has 0 amide bonds. The van der Waals surface area contributed by atoms with Crippen LogP contribution < -0.4 is 5.73 Å². The topological polar surface area (TPSA) is 26.0 Å². The molecule has 19 heteroatoms. The maximum absolute atomic E-state index is 13.4. The first-order chi connectivity index (χ1) is 13.3. The summed E-state index contributed by atoms with van der Waals surface area (Å²) >= 11 is 0.267. The molecule has 0 bridgehead atoms. The van der Waals surface area contributed by atoms with Gasteiger partial charge in [-0.1, -0.05) is 0 Å². The summed E-state index contributed by atoms with van der Waals surface area (Å²) in [6.07, 6.45) is -10.2. The Morgan fingerprint density at radius 1 is 0.452 bits per heavy atom. The predicted molar refractivity (Wildman–Crippen MR) is 71.7 cm³/mol. The Morgan fingerprint density at radius 2 is 0.774 bits per heavy atom. The largest absolute Gasteiger partial charge is 0.460 e. The van der Waals surface area contributed by atoms with E-state index in [1.54, 1.807) is 0 Å². The van der Waals surface area contributed by atoms with Gasteiger partial charge in [0.15, 0.2) is 0 Å². The fourth-order valence-corrected chi connectivity index (χ4v) is 2.51. The van der Waals surface area contributed by atoms with Crippen molar-refractivity contribution in [2.75, 3.05) is 18.1 Å². The molecule has 0 radical (unpaired) electrons. The molecular formula is C12H10F17NS. The van der Waals surface area contributed by atoms with Crippen LogP contribution in [0.15, 0.2) is 0 Å². The SMILES string of the molecule is NCCSCCC(F)(F)C(F)(F)C(F)(F)C(F)(F)C(F)(F)C(F)(F)C(F)(F)C(F)(F)F. The molecule has 0 aromatic carbocycles. The van der Waals surface area contributed by atoms with Crippen molar-refractivity contribution < 1.29 is 74.6 Å². The maximum atomic E-state index is 13.4. The van der Waals surface area contributed by atoms with Crippen LogP contribution in [0.25, 0.3) is 0 Å². The summed E-state index contributed by atoms with van der Waals surface area (Å²) in [6, 6.07) is 0. The van der Waals surface area contributed by atoms with Crippen LogP contribution >= 0.6 is 11.8 Å². The van der Waals surface area contributed by atoms with Crippen LogP contribution in [0.2, 0.25) is 0 Å². The van der Waals surface area contributed by atoms with E-state index in [9.17, 15) is 74.6 Å². The fourth-order valence-electron chi connectivity index (χ4n) is 1.74. The second-order valence-electron chi connectivity index (χ2n) is 5.80. The van der Waals surface area contributed by atoms with E-state index in [0.717, 1.165) is 0 Å². The van der Waals surface area contributed by atoms with Gasteiger partial charge in [-0.05, 0) is 5.75 Å². The quantitative estimate of drug-likeness (QED) is 0.263. The minimum Gasteiger partial charge on any atom is -0.330 e. The van der Waals surface area contributed by atoms with Gasteiger partial charge < -0.3 is 5.73 Å². The Morgan fingerprint density at radius 3 is 1.10 bits per heavy atom. The lowest BCUT2D eigenvalue weighted by molar-refractivity contribution is -0.461. The lowest BCUT2D eigenvalue weighted by Crippen LogP contribution is -2.74. The third-order valence-electron chi connectivity index (χ3n) is 3.61. The fraction of sp³-hybridized carbons (Fsp3) is 1.00. The standard InChI is InChI=1S/C12H10F17NS/c13-5(14,1-3-31-4-2-30)6(15,16)7(17,18)8(19,20)9(21,22)10(23,24)11(25,26)12(27,28)29/h1-4,30H2. The lowest BCUT2D eigenvalue weighted by Gasteiger charge is -2.42. The number of thioether (sulfide) groups is 1. The zero-order valence-electron chi connectivity index (χ0n) is 14.2.